The summed E-state index contributed by atoms with van der Waals surface area (Å²) in [6, 6.07) is 12.0. The topological polar surface area (TPSA) is 101 Å². The first-order valence-corrected chi connectivity index (χ1v) is 15.2. The van der Waals surface area contributed by atoms with Crippen molar-refractivity contribution in [3.05, 3.63) is 83.4 Å². The molecule has 0 atom stereocenters. The minimum atomic E-state index is -0.626. The molecule has 0 aliphatic heterocycles. The number of hydrogen-bond donors (Lipinski definition) is 1. The third-order valence-corrected chi connectivity index (χ3v) is 6.23. The van der Waals surface area contributed by atoms with Gasteiger partial charge in [0.15, 0.2) is 0 Å². The van der Waals surface area contributed by atoms with Gasteiger partial charge in [0.05, 0.1) is 29.1 Å². The molecule has 1 N–H and O–H groups in total. The monoisotopic (exact) mass is 627 g/mol. The predicted molar refractivity (Wildman–Crippen MR) is 180 cm³/mol. The molecule has 0 aliphatic carbocycles. The van der Waals surface area contributed by atoms with E-state index in [2.05, 4.69) is 26.5 Å². The predicted octanol–water partition coefficient (Wildman–Crippen LogP) is 7.90. The van der Waals surface area contributed by atoms with Crippen molar-refractivity contribution < 1.29 is 28.5 Å². The lowest BCUT2D eigenvalue weighted by Crippen LogP contribution is -2.27. The second-order valence-corrected chi connectivity index (χ2v) is 12.6. The van der Waals surface area contributed by atoms with Gasteiger partial charge in [-0.1, -0.05) is 54.6 Å². The molecule has 0 spiro atoms. The second kappa shape index (κ2) is 19.5. The van der Waals surface area contributed by atoms with Crippen molar-refractivity contribution in [1.29, 1.82) is 0 Å². The quantitative estimate of drug-likeness (QED) is 0.169. The largest absolute Gasteiger partial charge is 0.462 e. The molecule has 3 aromatic rings. The number of nitrogens with zero attached hydrogens (tertiary/aromatic N) is 2. The lowest BCUT2D eigenvalue weighted by atomic mass is 10.2. The molecule has 3 rings (SSSR count). The molecule has 44 heavy (non-hydrogen) atoms. The van der Waals surface area contributed by atoms with Crippen LogP contribution in [0.25, 0.3) is 15.9 Å². The lowest BCUT2D eigenvalue weighted by molar-refractivity contribution is -0.138. The van der Waals surface area contributed by atoms with Crippen molar-refractivity contribution in [3.8, 4) is 0 Å². The van der Waals surface area contributed by atoms with E-state index in [1.807, 2.05) is 109 Å². The Morgan fingerprint density at radius 2 is 1.73 bits per heavy atom. The molecular formula is C34H49N3O6S. The third kappa shape index (κ3) is 14.6. The molecule has 1 aromatic carbocycles. The Hall–Kier alpha value is -3.73. The standard InChI is InChI=1S/C27H33N3O3S.C5H10O2.C2H6O/c1-6-8-15-22(28-16-9-7-2)24-25-23(30(29-24)26(31)33-27(3,4)5)17-21(34-25)19-32-18-20-13-11-10-12-14-20;1-5(2,3)7-4-6;1-3-2/h6-7,9-15,17,28H,1,8,16,18-19H2,2-5H3;4H,1-3H3;1-2H3/b9-7+,22-15-;;. The molecule has 0 fully saturated rings. The number of allylic oxidation sites excluding steroid dienone is 3. The average Bonchev–Trinajstić information content (AvgIpc) is 3.50. The van der Waals surface area contributed by atoms with Gasteiger partial charge in [-0.2, -0.15) is 9.78 Å². The van der Waals surface area contributed by atoms with Crippen molar-refractivity contribution in [2.24, 2.45) is 0 Å². The van der Waals surface area contributed by atoms with Gasteiger partial charge in [-0.05, 0) is 66.5 Å². The number of fused-ring (bicyclic) bond motifs is 1. The molecule has 9 nitrogen and oxygen atoms in total. The number of aromatic nitrogens is 2. The maximum atomic E-state index is 13.0. The molecule has 2 heterocycles. The van der Waals surface area contributed by atoms with Crippen LogP contribution in [0.15, 0.2) is 67.3 Å². The van der Waals surface area contributed by atoms with E-state index < -0.39 is 11.7 Å². The summed E-state index contributed by atoms with van der Waals surface area (Å²) < 4.78 is 22.6. The molecule has 2 aromatic heterocycles. The van der Waals surface area contributed by atoms with Crippen LogP contribution in [0, 0.1) is 0 Å². The fourth-order valence-electron chi connectivity index (χ4n) is 3.38. The molecule has 10 heteroatoms. The Morgan fingerprint density at radius 3 is 2.25 bits per heavy atom. The van der Waals surface area contributed by atoms with E-state index in [0.717, 1.165) is 20.8 Å². The fourth-order valence-corrected chi connectivity index (χ4v) is 4.45. The summed E-state index contributed by atoms with van der Waals surface area (Å²) in [6.07, 6.45) is 8.05. The zero-order valence-electron chi connectivity index (χ0n) is 27.6. The molecule has 0 unspecified atom stereocenters. The first-order valence-electron chi connectivity index (χ1n) is 14.3. The number of carbonyl (C=O) groups is 2. The lowest BCUT2D eigenvalue weighted by Gasteiger charge is -2.19. The van der Waals surface area contributed by atoms with Crippen LogP contribution < -0.4 is 5.32 Å². The van der Waals surface area contributed by atoms with Crippen LogP contribution in [0.3, 0.4) is 0 Å². The van der Waals surface area contributed by atoms with Crippen LogP contribution >= 0.6 is 11.3 Å². The van der Waals surface area contributed by atoms with Gasteiger partial charge in [-0.15, -0.1) is 17.9 Å². The number of methoxy groups -OCH3 is 1. The van der Waals surface area contributed by atoms with Crippen LogP contribution in [-0.4, -0.2) is 54.3 Å². The van der Waals surface area contributed by atoms with Gasteiger partial charge in [0, 0.05) is 25.6 Å². The summed E-state index contributed by atoms with van der Waals surface area (Å²) in [6.45, 7) is 18.9. The number of ether oxygens (including phenoxy) is 4. The van der Waals surface area contributed by atoms with Crippen LogP contribution in [0.4, 0.5) is 4.79 Å². The van der Waals surface area contributed by atoms with Gasteiger partial charge >= 0.3 is 6.09 Å². The summed E-state index contributed by atoms with van der Waals surface area (Å²) >= 11 is 1.58. The van der Waals surface area contributed by atoms with Crippen LogP contribution in [0.5, 0.6) is 0 Å². The van der Waals surface area contributed by atoms with Crippen molar-refractivity contribution in [2.45, 2.75) is 79.3 Å². The Bertz CT molecular complexity index is 1340. The van der Waals surface area contributed by atoms with E-state index >= 15 is 0 Å². The van der Waals surface area contributed by atoms with Gasteiger partial charge < -0.3 is 24.3 Å². The Labute approximate surface area is 266 Å². The fraction of sp³-hybridized carbons (Fsp3) is 0.441. The highest BCUT2D eigenvalue weighted by Crippen LogP contribution is 2.33. The minimum Gasteiger partial charge on any atom is -0.462 e. The molecule has 0 saturated carbocycles. The zero-order valence-corrected chi connectivity index (χ0v) is 28.5. The van der Waals surface area contributed by atoms with E-state index in [1.54, 1.807) is 25.6 Å². The summed E-state index contributed by atoms with van der Waals surface area (Å²) in [7, 11) is 3.25. The van der Waals surface area contributed by atoms with Crippen molar-refractivity contribution >= 4 is 39.8 Å². The summed E-state index contributed by atoms with van der Waals surface area (Å²) in [4.78, 5) is 23.6. The van der Waals surface area contributed by atoms with E-state index in [4.69, 9.17) is 9.47 Å². The highest BCUT2D eigenvalue weighted by atomic mass is 32.1. The molecule has 0 radical (unpaired) electrons. The maximum absolute atomic E-state index is 13.0. The van der Waals surface area contributed by atoms with E-state index in [9.17, 15) is 9.59 Å². The Kier molecular flexibility index (Phi) is 17.0. The number of thiophene rings is 1. The number of hydrogen-bond acceptors (Lipinski definition) is 9. The van der Waals surface area contributed by atoms with Gasteiger partial charge in [0.2, 0.25) is 0 Å². The van der Waals surface area contributed by atoms with Crippen molar-refractivity contribution in [2.75, 3.05) is 20.8 Å². The van der Waals surface area contributed by atoms with Crippen LogP contribution in [0.2, 0.25) is 0 Å². The van der Waals surface area contributed by atoms with E-state index in [0.29, 0.717) is 43.9 Å². The first kappa shape index (κ1) is 38.3. The van der Waals surface area contributed by atoms with Gasteiger partial charge in [-0.25, -0.2) is 4.79 Å². The Morgan fingerprint density at radius 1 is 1.07 bits per heavy atom. The van der Waals surface area contributed by atoms with Gasteiger partial charge in [0.1, 0.15) is 16.9 Å². The Balaban J connectivity index is 0.000000838. The second-order valence-electron chi connectivity index (χ2n) is 11.5. The normalized spacial score (nSPS) is 11.7. The maximum Gasteiger partial charge on any atom is 0.435 e. The van der Waals surface area contributed by atoms with E-state index in [-0.39, 0.29) is 5.60 Å². The molecule has 0 saturated heterocycles. The average molecular weight is 628 g/mol. The van der Waals surface area contributed by atoms with Crippen LogP contribution in [-0.2, 0) is 37.0 Å². The smallest absolute Gasteiger partial charge is 0.435 e. The highest BCUT2D eigenvalue weighted by Gasteiger charge is 2.25. The highest BCUT2D eigenvalue weighted by molar-refractivity contribution is 7.19. The summed E-state index contributed by atoms with van der Waals surface area (Å²) in [5.41, 5.74) is 2.45. The number of rotatable bonds is 11. The molecule has 0 bridgehead atoms. The molecule has 0 aliphatic rings. The molecular weight excluding hydrogens is 578 g/mol. The summed E-state index contributed by atoms with van der Waals surface area (Å²) in [5, 5.41) is 8.07. The number of carbonyl (C=O) groups excluding carboxylic acids is 2. The van der Waals surface area contributed by atoms with Crippen LogP contribution in [0.1, 0.15) is 71.0 Å². The SMILES string of the molecule is C=CC/C=C(\NC/C=C/C)c1nn(C(=O)OC(C)(C)C)c2cc(COCc3ccccc3)sc12.CC(C)(C)OC=O.COC. The van der Waals surface area contributed by atoms with Gasteiger partial charge in [0.25, 0.3) is 6.47 Å². The molecule has 242 valence electrons. The first-order chi connectivity index (χ1) is 20.8. The van der Waals surface area contributed by atoms with Gasteiger partial charge in [-0.3, -0.25) is 4.79 Å². The zero-order chi connectivity index (χ0) is 33.2. The van der Waals surface area contributed by atoms with Crippen molar-refractivity contribution in [1.82, 2.24) is 15.1 Å². The minimum absolute atomic E-state index is 0.318. The molecule has 0 amide bonds. The number of nitrogens with one attached hydrogen (secondary N) is 1. The third-order valence-electron chi connectivity index (χ3n) is 5.12. The van der Waals surface area contributed by atoms with E-state index in [1.165, 1.54) is 4.68 Å². The van der Waals surface area contributed by atoms with Crippen molar-refractivity contribution in [3.63, 3.8) is 0 Å². The summed E-state index contributed by atoms with van der Waals surface area (Å²) in [5.74, 6) is 0. The number of benzene rings is 1.